The summed E-state index contributed by atoms with van der Waals surface area (Å²) < 4.78 is 61.9. The van der Waals surface area contributed by atoms with E-state index < -0.39 is 26.7 Å². The van der Waals surface area contributed by atoms with Gasteiger partial charge in [-0.2, -0.15) is 13.2 Å². The van der Waals surface area contributed by atoms with Crippen molar-refractivity contribution in [3.8, 4) is 0 Å². The number of primary sulfonamides is 1. The van der Waals surface area contributed by atoms with Gasteiger partial charge in [0.1, 0.15) is 0 Å². The molecule has 0 unspecified atom stereocenters. The van der Waals surface area contributed by atoms with Crippen LogP contribution in [-0.2, 0) is 16.2 Å². The second kappa shape index (κ2) is 5.98. The van der Waals surface area contributed by atoms with Gasteiger partial charge in [0.05, 0.1) is 10.5 Å². The fourth-order valence-electron chi connectivity index (χ4n) is 2.87. The van der Waals surface area contributed by atoms with Gasteiger partial charge in [-0.1, -0.05) is 13.8 Å². The molecule has 1 aromatic carbocycles. The minimum atomic E-state index is -4.78. The lowest BCUT2D eigenvalue weighted by atomic mass is 9.75. The third-order valence-corrected chi connectivity index (χ3v) is 5.27. The maximum absolute atomic E-state index is 13.1. The molecule has 0 spiro atoms. The van der Waals surface area contributed by atoms with Crippen LogP contribution in [0.1, 0.15) is 45.1 Å². The average Bonchev–Trinajstić information content (AvgIpc) is 2.39. The molecule has 0 aliphatic heterocycles. The van der Waals surface area contributed by atoms with Gasteiger partial charge in [-0.25, -0.2) is 13.6 Å². The van der Waals surface area contributed by atoms with Crippen LogP contribution in [0.2, 0.25) is 0 Å². The van der Waals surface area contributed by atoms with Crippen molar-refractivity contribution in [2.24, 2.45) is 10.6 Å². The minimum Gasteiger partial charge on any atom is -0.382 e. The zero-order valence-electron chi connectivity index (χ0n) is 13.1. The van der Waals surface area contributed by atoms with E-state index in [0.717, 1.165) is 37.8 Å². The molecule has 1 saturated carbocycles. The SMILES string of the molecule is CC1(C)CCC(Nc2ccc(S(N)(=O)=O)c(C(F)(F)F)c2)CC1. The molecule has 8 heteroatoms. The molecule has 1 fully saturated rings. The van der Waals surface area contributed by atoms with Gasteiger partial charge in [-0.05, 0) is 49.3 Å². The number of rotatable bonds is 3. The van der Waals surface area contributed by atoms with Crippen molar-refractivity contribution in [3.63, 3.8) is 0 Å². The molecule has 0 saturated heterocycles. The molecule has 0 amide bonds. The second-order valence-electron chi connectivity index (χ2n) is 6.84. The number of benzene rings is 1. The first kappa shape index (κ1) is 18.1. The molecule has 0 bridgehead atoms. The van der Waals surface area contributed by atoms with E-state index in [0.29, 0.717) is 0 Å². The lowest BCUT2D eigenvalue weighted by Crippen LogP contribution is -2.30. The number of nitrogens with two attached hydrogens (primary N) is 1. The Kier molecular flexibility index (Phi) is 4.69. The van der Waals surface area contributed by atoms with Crippen LogP contribution in [0.25, 0.3) is 0 Å². The number of halogens is 3. The molecule has 1 aromatic rings. The molecule has 1 aliphatic rings. The smallest absolute Gasteiger partial charge is 0.382 e. The third kappa shape index (κ3) is 4.60. The summed E-state index contributed by atoms with van der Waals surface area (Å²) in [5.41, 5.74) is -0.720. The van der Waals surface area contributed by atoms with Crippen molar-refractivity contribution < 1.29 is 21.6 Å². The van der Waals surface area contributed by atoms with Crippen molar-refractivity contribution in [2.75, 3.05) is 5.32 Å². The molecule has 4 nitrogen and oxygen atoms in total. The molecule has 23 heavy (non-hydrogen) atoms. The van der Waals surface area contributed by atoms with Gasteiger partial charge < -0.3 is 5.32 Å². The van der Waals surface area contributed by atoms with Crippen LogP contribution in [0.5, 0.6) is 0 Å². The van der Waals surface area contributed by atoms with E-state index in [-0.39, 0.29) is 17.1 Å². The highest BCUT2D eigenvalue weighted by Gasteiger charge is 2.37. The van der Waals surface area contributed by atoms with Gasteiger partial charge in [0, 0.05) is 11.7 Å². The summed E-state index contributed by atoms with van der Waals surface area (Å²) in [6, 6.07) is 3.14. The first-order valence-corrected chi connectivity index (χ1v) is 8.94. The summed E-state index contributed by atoms with van der Waals surface area (Å²) in [7, 11) is -4.43. The van der Waals surface area contributed by atoms with Gasteiger partial charge in [0.2, 0.25) is 10.0 Å². The van der Waals surface area contributed by atoms with Crippen molar-refractivity contribution in [1.82, 2.24) is 0 Å². The van der Waals surface area contributed by atoms with E-state index in [1.165, 1.54) is 6.07 Å². The van der Waals surface area contributed by atoms with E-state index in [2.05, 4.69) is 19.2 Å². The van der Waals surface area contributed by atoms with Crippen molar-refractivity contribution in [2.45, 2.75) is 56.6 Å². The molecule has 0 heterocycles. The highest BCUT2D eigenvalue weighted by molar-refractivity contribution is 7.89. The first-order valence-electron chi connectivity index (χ1n) is 7.39. The van der Waals surface area contributed by atoms with Crippen molar-refractivity contribution >= 4 is 15.7 Å². The summed E-state index contributed by atoms with van der Waals surface area (Å²) in [5, 5.41) is 7.94. The van der Waals surface area contributed by atoms with E-state index >= 15 is 0 Å². The van der Waals surface area contributed by atoms with Crippen LogP contribution >= 0.6 is 0 Å². The Bertz CT molecular complexity index is 674. The van der Waals surface area contributed by atoms with Gasteiger partial charge in [-0.15, -0.1) is 0 Å². The number of anilines is 1. The van der Waals surface area contributed by atoms with E-state index in [1.807, 2.05) is 0 Å². The molecule has 0 aromatic heterocycles. The summed E-state index contributed by atoms with van der Waals surface area (Å²) in [6.45, 7) is 4.34. The standard InChI is InChI=1S/C15H21F3N2O2S/c1-14(2)7-5-10(6-8-14)20-11-3-4-13(23(19,21)22)12(9-11)15(16,17)18/h3-4,9-10,20H,5-8H2,1-2H3,(H2,19,21,22). The van der Waals surface area contributed by atoms with Gasteiger partial charge >= 0.3 is 6.18 Å². The highest BCUT2D eigenvalue weighted by Crippen LogP contribution is 2.38. The number of nitrogens with one attached hydrogen (secondary N) is 1. The van der Waals surface area contributed by atoms with E-state index in [1.54, 1.807) is 0 Å². The topological polar surface area (TPSA) is 72.2 Å². The number of alkyl halides is 3. The monoisotopic (exact) mass is 350 g/mol. The maximum Gasteiger partial charge on any atom is 0.417 e. The summed E-state index contributed by atoms with van der Waals surface area (Å²) in [4.78, 5) is -0.902. The molecular weight excluding hydrogens is 329 g/mol. The van der Waals surface area contributed by atoms with E-state index in [4.69, 9.17) is 5.14 Å². The zero-order chi connectivity index (χ0) is 17.5. The zero-order valence-corrected chi connectivity index (χ0v) is 13.9. The minimum absolute atomic E-state index is 0.0874. The number of hydrogen-bond donors (Lipinski definition) is 2. The lowest BCUT2D eigenvalue weighted by Gasteiger charge is -2.35. The molecule has 0 atom stereocenters. The third-order valence-electron chi connectivity index (χ3n) is 4.30. The van der Waals surface area contributed by atoms with Gasteiger partial charge in [-0.3, -0.25) is 0 Å². The molecular formula is C15H21F3N2O2S. The second-order valence-corrected chi connectivity index (χ2v) is 8.37. The van der Waals surface area contributed by atoms with Crippen LogP contribution in [0.3, 0.4) is 0 Å². The van der Waals surface area contributed by atoms with Crippen LogP contribution < -0.4 is 10.5 Å². The van der Waals surface area contributed by atoms with Crippen LogP contribution in [0.15, 0.2) is 23.1 Å². The Morgan fingerprint density at radius 3 is 2.26 bits per heavy atom. The molecule has 0 radical (unpaired) electrons. The highest BCUT2D eigenvalue weighted by atomic mass is 32.2. The number of hydrogen-bond acceptors (Lipinski definition) is 3. The molecule has 2 rings (SSSR count). The van der Waals surface area contributed by atoms with Crippen molar-refractivity contribution in [1.29, 1.82) is 0 Å². The Morgan fingerprint density at radius 1 is 1.22 bits per heavy atom. The van der Waals surface area contributed by atoms with Gasteiger partial charge in [0.15, 0.2) is 0 Å². The summed E-state index contributed by atoms with van der Waals surface area (Å²) >= 11 is 0. The predicted octanol–water partition coefficient (Wildman–Crippen LogP) is 3.73. The normalized spacial score (nSPS) is 19.6. The number of sulfonamides is 1. The summed E-state index contributed by atoms with van der Waals surface area (Å²) in [5.74, 6) is 0. The van der Waals surface area contributed by atoms with Crippen molar-refractivity contribution in [3.05, 3.63) is 23.8 Å². The quantitative estimate of drug-likeness (QED) is 0.872. The summed E-state index contributed by atoms with van der Waals surface area (Å²) in [6.07, 6.45) is -1.07. The van der Waals surface area contributed by atoms with Crippen LogP contribution in [-0.4, -0.2) is 14.5 Å². The fourth-order valence-corrected chi connectivity index (χ4v) is 3.61. The Balaban J connectivity index is 2.25. The van der Waals surface area contributed by atoms with E-state index in [9.17, 15) is 21.6 Å². The Labute approximate surface area is 134 Å². The Hall–Kier alpha value is -1.28. The Morgan fingerprint density at radius 2 is 1.78 bits per heavy atom. The fraction of sp³-hybridized carbons (Fsp3) is 0.600. The van der Waals surface area contributed by atoms with Crippen LogP contribution in [0.4, 0.5) is 18.9 Å². The van der Waals surface area contributed by atoms with Gasteiger partial charge in [0.25, 0.3) is 0 Å². The predicted molar refractivity (Wildman–Crippen MR) is 82.5 cm³/mol. The first-order chi connectivity index (χ1) is 10.4. The lowest BCUT2D eigenvalue weighted by molar-refractivity contribution is -0.139. The molecule has 1 aliphatic carbocycles. The largest absolute Gasteiger partial charge is 0.417 e. The molecule has 130 valence electrons. The average molecular weight is 350 g/mol. The maximum atomic E-state index is 13.1. The molecule has 3 N–H and O–H groups in total. The van der Waals surface area contributed by atoms with Crippen LogP contribution in [0, 0.1) is 5.41 Å².